The summed E-state index contributed by atoms with van der Waals surface area (Å²) in [7, 11) is 0. The quantitative estimate of drug-likeness (QED) is 0.766. The Morgan fingerprint density at radius 2 is 2.05 bits per heavy atom. The van der Waals surface area contributed by atoms with E-state index in [0.29, 0.717) is 24.1 Å². The second-order valence-corrected chi connectivity index (χ2v) is 7.37. The summed E-state index contributed by atoms with van der Waals surface area (Å²) in [5, 5.41) is 6.74. The molecule has 1 aromatic carbocycles. The van der Waals surface area contributed by atoms with Crippen molar-refractivity contribution in [3.05, 3.63) is 45.4 Å². The van der Waals surface area contributed by atoms with Crippen molar-refractivity contribution in [1.29, 1.82) is 0 Å². The molecule has 2 rings (SSSR count). The number of carbonyl (C=O) groups is 1. The second-order valence-electron chi connectivity index (χ2n) is 5.34. The van der Waals surface area contributed by atoms with Crippen molar-refractivity contribution in [1.82, 2.24) is 10.3 Å². The van der Waals surface area contributed by atoms with E-state index in [1.165, 1.54) is 16.9 Å². The van der Waals surface area contributed by atoms with Gasteiger partial charge in [-0.25, -0.2) is 4.98 Å². The topological polar surface area (TPSA) is 54.0 Å². The number of nitrogens with zero attached hydrogens (tertiary/aromatic N) is 1. The highest BCUT2D eigenvalue weighted by Gasteiger charge is 2.07. The van der Waals surface area contributed by atoms with Gasteiger partial charge in [-0.2, -0.15) is 0 Å². The minimum atomic E-state index is -0.00214. The van der Waals surface area contributed by atoms with Crippen LogP contribution in [0.15, 0.2) is 34.9 Å². The molecule has 0 aliphatic carbocycles. The third-order valence-electron chi connectivity index (χ3n) is 3.00. The smallest absolute Gasteiger partial charge is 0.227 e. The molecule has 2 aromatic rings. The number of halogens is 1. The van der Waals surface area contributed by atoms with Gasteiger partial charge in [-0.15, -0.1) is 11.3 Å². The fourth-order valence-corrected chi connectivity index (χ4v) is 3.03. The number of hydrogen-bond acceptors (Lipinski definition) is 4. The Morgan fingerprint density at radius 3 is 2.73 bits per heavy atom. The first-order chi connectivity index (χ1) is 10.5. The van der Waals surface area contributed by atoms with Crippen molar-refractivity contribution in [3.8, 4) is 0 Å². The molecule has 6 heteroatoms. The van der Waals surface area contributed by atoms with Gasteiger partial charge in [0.25, 0.3) is 0 Å². The summed E-state index contributed by atoms with van der Waals surface area (Å²) in [6.07, 6.45) is 3.12. The number of amides is 1. The van der Waals surface area contributed by atoms with Crippen LogP contribution in [0.3, 0.4) is 0 Å². The van der Waals surface area contributed by atoms with Gasteiger partial charge < -0.3 is 10.6 Å². The van der Waals surface area contributed by atoms with Crippen LogP contribution in [-0.2, 0) is 11.2 Å². The molecule has 0 bridgehead atoms. The van der Waals surface area contributed by atoms with Crippen LogP contribution in [0, 0.1) is 0 Å². The third-order valence-corrected chi connectivity index (χ3v) is 4.44. The van der Waals surface area contributed by atoms with E-state index in [1.807, 2.05) is 18.3 Å². The lowest BCUT2D eigenvalue weighted by Crippen LogP contribution is -2.27. The summed E-state index contributed by atoms with van der Waals surface area (Å²) < 4.78 is 1.07. The first-order valence-corrected chi connectivity index (χ1v) is 8.86. The van der Waals surface area contributed by atoms with E-state index in [1.54, 1.807) is 0 Å². The van der Waals surface area contributed by atoms with E-state index in [-0.39, 0.29) is 5.91 Å². The lowest BCUT2D eigenvalue weighted by Gasteiger charge is -2.06. The summed E-state index contributed by atoms with van der Waals surface area (Å²) >= 11 is 4.95. The lowest BCUT2D eigenvalue weighted by atomic mass is 10.1. The minimum absolute atomic E-state index is 0.00214. The number of aromatic nitrogens is 1. The SMILES string of the molecule is CC(C)NCCC(=O)Nc1ncc(Cc2ccc(Br)cc2)s1. The Bertz CT molecular complexity index is 610. The number of benzene rings is 1. The Kier molecular flexibility index (Phi) is 6.54. The molecule has 0 saturated carbocycles. The number of thiazole rings is 1. The van der Waals surface area contributed by atoms with Crippen LogP contribution in [0.2, 0.25) is 0 Å². The van der Waals surface area contributed by atoms with Crippen molar-refractivity contribution in [2.75, 3.05) is 11.9 Å². The molecule has 0 unspecified atom stereocenters. The molecule has 0 radical (unpaired) electrons. The average molecular weight is 382 g/mol. The number of rotatable bonds is 7. The predicted molar refractivity (Wildman–Crippen MR) is 95.4 cm³/mol. The van der Waals surface area contributed by atoms with Gasteiger partial charge in [0.1, 0.15) is 0 Å². The highest BCUT2D eigenvalue weighted by atomic mass is 79.9. The first kappa shape index (κ1) is 17.1. The van der Waals surface area contributed by atoms with Crippen molar-refractivity contribution in [3.63, 3.8) is 0 Å². The van der Waals surface area contributed by atoms with E-state index in [4.69, 9.17) is 0 Å². The normalized spacial score (nSPS) is 10.9. The minimum Gasteiger partial charge on any atom is -0.314 e. The monoisotopic (exact) mass is 381 g/mol. The van der Waals surface area contributed by atoms with Crippen molar-refractivity contribution >= 4 is 38.3 Å². The van der Waals surface area contributed by atoms with Crippen molar-refractivity contribution in [2.45, 2.75) is 32.7 Å². The van der Waals surface area contributed by atoms with E-state index in [0.717, 1.165) is 15.8 Å². The molecule has 2 N–H and O–H groups in total. The number of hydrogen-bond donors (Lipinski definition) is 2. The highest BCUT2D eigenvalue weighted by Crippen LogP contribution is 2.22. The molecule has 1 amide bonds. The van der Waals surface area contributed by atoms with E-state index < -0.39 is 0 Å². The highest BCUT2D eigenvalue weighted by molar-refractivity contribution is 9.10. The van der Waals surface area contributed by atoms with Crippen LogP contribution in [0.25, 0.3) is 0 Å². The molecule has 0 fully saturated rings. The Balaban J connectivity index is 1.83. The summed E-state index contributed by atoms with van der Waals surface area (Å²) in [6, 6.07) is 8.62. The van der Waals surface area contributed by atoms with Gasteiger partial charge in [-0.05, 0) is 17.7 Å². The van der Waals surface area contributed by atoms with Gasteiger partial charge in [-0.1, -0.05) is 41.9 Å². The zero-order chi connectivity index (χ0) is 15.9. The van der Waals surface area contributed by atoms with E-state index in [9.17, 15) is 4.79 Å². The van der Waals surface area contributed by atoms with Gasteiger partial charge in [0.2, 0.25) is 5.91 Å². The summed E-state index contributed by atoms with van der Waals surface area (Å²) in [5.74, 6) is -0.00214. The van der Waals surface area contributed by atoms with Gasteiger partial charge in [0, 0.05) is 41.0 Å². The second kappa shape index (κ2) is 8.41. The predicted octanol–water partition coefficient (Wildman–Crippen LogP) is 3.82. The summed E-state index contributed by atoms with van der Waals surface area (Å²) in [4.78, 5) is 17.2. The standard InChI is InChI=1S/C16H20BrN3OS/c1-11(2)18-8-7-15(21)20-16-19-10-14(22-16)9-12-3-5-13(17)6-4-12/h3-6,10-11,18H,7-9H2,1-2H3,(H,19,20,21). The van der Waals surface area contributed by atoms with Gasteiger partial charge >= 0.3 is 0 Å². The fourth-order valence-electron chi connectivity index (χ4n) is 1.91. The number of anilines is 1. The van der Waals surface area contributed by atoms with Crippen LogP contribution in [0.5, 0.6) is 0 Å². The van der Waals surface area contributed by atoms with Crippen LogP contribution in [-0.4, -0.2) is 23.5 Å². The van der Waals surface area contributed by atoms with Crippen LogP contribution >= 0.6 is 27.3 Å². The van der Waals surface area contributed by atoms with Crippen LogP contribution < -0.4 is 10.6 Å². The molecule has 1 aromatic heterocycles. The maximum absolute atomic E-state index is 11.8. The fraction of sp³-hybridized carbons (Fsp3) is 0.375. The van der Waals surface area contributed by atoms with Crippen LogP contribution in [0.4, 0.5) is 5.13 Å². The lowest BCUT2D eigenvalue weighted by molar-refractivity contribution is -0.116. The molecule has 4 nitrogen and oxygen atoms in total. The van der Waals surface area contributed by atoms with Crippen molar-refractivity contribution < 1.29 is 4.79 Å². The summed E-state index contributed by atoms with van der Waals surface area (Å²) in [6.45, 7) is 4.81. The molecule has 0 saturated heterocycles. The maximum atomic E-state index is 11.8. The maximum Gasteiger partial charge on any atom is 0.227 e. The zero-order valence-electron chi connectivity index (χ0n) is 12.7. The number of nitrogens with one attached hydrogen (secondary N) is 2. The molecule has 0 aliphatic heterocycles. The van der Waals surface area contributed by atoms with Crippen molar-refractivity contribution in [2.24, 2.45) is 0 Å². The number of carbonyl (C=O) groups excluding carboxylic acids is 1. The largest absolute Gasteiger partial charge is 0.314 e. The molecule has 118 valence electrons. The van der Waals surface area contributed by atoms with Gasteiger partial charge in [0.15, 0.2) is 5.13 Å². The Morgan fingerprint density at radius 1 is 1.32 bits per heavy atom. The zero-order valence-corrected chi connectivity index (χ0v) is 15.1. The van der Waals surface area contributed by atoms with E-state index >= 15 is 0 Å². The molecule has 0 aliphatic rings. The average Bonchev–Trinajstić information content (AvgIpc) is 2.88. The van der Waals surface area contributed by atoms with Crippen LogP contribution in [0.1, 0.15) is 30.7 Å². The Hall–Kier alpha value is -1.24. The van der Waals surface area contributed by atoms with E-state index in [2.05, 4.69) is 57.5 Å². The molecule has 0 spiro atoms. The first-order valence-electron chi connectivity index (χ1n) is 7.25. The molecule has 1 heterocycles. The molecule has 22 heavy (non-hydrogen) atoms. The van der Waals surface area contributed by atoms with Gasteiger partial charge in [-0.3, -0.25) is 4.79 Å². The molecular formula is C16H20BrN3OS. The summed E-state index contributed by atoms with van der Waals surface area (Å²) in [5.41, 5.74) is 1.23. The van der Waals surface area contributed by atoms with Gasteiger partial charge in [0.05, 0.1) is 0 Å². The molecular weight excluding hydrogens is 362 g/mol. The molecule has 0 atom stereocenters. The Labute approximate surface area is 143 Å². The third kappa shape index (κ3) is 5.87.